The molecule has 0 aliphatic heterocycles. The van der Waals surface area contributed by atoms with Crippen LogP contribution in [0.1, 0.15) is 16.8 Å². The number of aromatic carboxylic acids is 1. The van der Waals surface area contributed by atoms with E-state index < -0.39 is 5.97 Å². The van der Waals surface area contributed by atoms with E-state index in [-0.39, 0.29) is 5.56 Å². The van der Waals surface area contributed by atoms with Gasteiger partial charge >= 0.3 is 5.97 Å². The van der Waals surface area contributed by atoms with Gasteiger partial charge in [0.05, 0.1) is 11.6 Å². The molecule has 1 aromatic heterocycles. The van der Waals surface area contributed by atoms with Crippen LogP contribution in [0.2, 0.25) is 0 Å². The van der Waals surface area contributed by atoms with Gasteiger partial charge in [-0.25, -0.2) is 9.78 Å². The predicted molar refractivity (Wildman–Crippen MR) is 52.2 cm³/mol. The van der Waals surface area contributed by atoms with Gasteiger partial charge in [0.1, 0.15) is 5.03 Å². The number of nitrogens with zero attached hydrogens (tertiary/aromatic N) is 2. The van der Waals surface area contributed by atoms with Crippen LogP contribution in [0.25, 0.3) is 0 Å². The zero-order valence-electron chi connectivity index (χ0n) is 7.30. The standard InChI is InChI=1S/C9H8N2O2S/c10-4-2-6-14-8-7(9(12)13)3-1-5-11-8/h1,3,5H,2,6H2,(H,12,13). The molecule has 72 valence electrons. The van der Waals surface area contributed by atoms with E-state index in [1.807, 2.05) is 6.07 Å². The summed E-state index contributed by atoms with van der Waals surface area (Å²) in [5, 5.41) is 17.6. The van der Waals surface area contributed by atoms with Crippen molar-refractivity contribution < 1.29 is 9.90 Å². The summed E-state index contributed by atoms with van der Waals surface area (Å²) in [4.78, 5) is 14.7. The van der Waals surface area contributed by atoms with E-state index in [0.29, 0.717) is 17.2 Å². The third kappa shape index (κ3) is 2.75. The molecule has 0 saturated carbocycles. The number of carbonyl (C=O) groups is 1. The number of carboxylic acid groups (broad SMARTS) is 1. The van der Waals surface area contributed by atoms with E-state index in [9.17, 15) is 4.79 Å². The topological polar surface area (TPSA) is 74.0 Å². The van der Waals surface area contributed by atoms with E-state index in [1.54, 1.807) is 12.3 Å². The fraction of sp³-hybridized carbons (Fsp3) is 0.222. The molecule has 5 heteroatoms. The van der Waals surface area contributed by atoms with E-state index >= 15 is 0 Å². The first-order valence-electron chi connectivity index (χ1n) is 3.93. The molecule has 0 bridgehead atoms. The smallest absolute Gasteiger partial charge is 0.338 e. The molecule has 0 fully saturated rings. The molecule has 0 saturated heterocycles. The van der Waals surface area contributed by atoms with Crippen molar-refractivity contribution in [2.75, 3.05) is 5.75 Å². The molecular weight excluding hydrogens is 200 g/mol. The molecule has 0 aromatic carbocycles. The summed E-state index contributed by atoms with van der Waals surface area (Å²) in [6.07, 6.45) is 1.93. The van der Waals surface area contributed by atoms with Crippen molar-refractivity contribution in [1.82, 2.24) is 4.98 Å². The number of hydrogen-bond donors (Lipinski definition) is 1. The Balaban J connectivity index is 2.75. The molecule has 14 heavy (non-hydrogen) atoms. The summed E-state index contributed by atoms with van der Waals surface area (Å²) in [5.74, 6) is -0.425. The Labute approximate surface area is 85.6 Å². The van der Waals surface area contributed by atoms with Gasteiger partial charge < -0.3 is 5.11 Å². The number of pyridine rings is 1. The van der Waals surface area contributed by atoms with Gasteiger partial charge in [0.2, 0.25) is 0 Å². The van der Waals surface area contributed by atoms with Gasteiger partial charge in [0.25, 0.3) is 0 Å². The SMILES string of the molecule is N#CCCSc1ncccc1C(=O)O. The minimum atomic E-state index is -0.988. The first-order chi connectivity index (χ1) is 6.75. The highest BCUT2D eigenvalue weighted by Crippen LogP contribution is 2.20. The van der Waals surface area contributed by atoms with Crippen molar-refractivity contribution in [2.24, 2.45) is 0 Å². The minimum absolute atomic E-state index is 0.190. The molecule has 1 aromatic rings. The largest absolute Gasteiger partial charge is 0.478 e. The molecule has 1 N–H and O–H groups in total. The van der Waals surface area contributed by atoms with Gasteiger partial charge in [-0.3, -0.25) is 0 Å². The number of nitriles is 1. The maximum absolute atomic E-state index is 10.7. The monoisotopic (exact) mass is 208 g/mol. The van der Waals surface area contributed by atoms with Gasteiger partial charge in [-0.15, -0.1) is 11.8 Å². The van der Waals surface area contributed by atoms with Crippen molar-refractivity contribution >= 4 is 17.7 Å². The number of hydrogen-bond acceptors (Lipinski definition) is 4. The summed E-state index contributed by atoms with van der Waals surface area (Å²) < 4.78 is 0. The molecule has 1 rings (SSSR count). The van der Waals surface area contributed by atoms with Gasteiger partial charge in [-0.1, -0.05) is 0 Å². The molecule has 0 radical (unpaired) electrons. The first-order valence-corrected chi connectivity index (χ1v) is 4.92. The van der Waals surface area contributed by atoms with Crippen molar-refractivity contribution in [3.8, 4) is 6.07 Å². The maximum Gasteiger partial charge on any atom is 0.338 e. The molecule has 4 nitrogen and oxygen atoms in total. The lowest BCUT2D eigenvalue weighted by molar-refractivity contribution is 0.0692. The number of thioether (sulfide) groups is 1. The molecule has 0 amide bonds. The lowest BCUT2D eigenvalue weighted by atomic mass is 10.3. The molecule has 0 spiro atoms. The highest BCUT2D eigenvalue weighted by atomic mass is 32.2. The normalized spacial score (nSPS) is 9.36. The summed E-state index contributed by atoms with van der Waals surface area (Å²) in [7, 11) is 0. The van der Waals surface area contributed by atoms with Crippen molar-refractivity contribution in [2.45, 2.75) is 11.4 Å². The molecule has 0 atom stereocenters. The van der Waals surface area contributed by atoms with Crippen LogP contribution in [0, 0.1) is 11.3 Å². The summed E-state index contributed by atoms with van der Waals surface area (Å²) in [6.45, 7) is 0. The second kappa shape index (κ2) is 5.25. The van der Waals surface area contributed by atoms with Crippen molar-refractivity contribution in [1.29, 1.82) is 5.26 Å². The summed E-state index contributed by atoms with van der Waals surface area (Å²) in [6, 6.07) is 5.08. The summed E-state index contributed by atoms with van der Waals surface area (Å²) >= 11 is 1.29. The zero-order valence-corrected chi connectivity index (χ0v) is 8.12. The second-order valence-corrected chi connectivity index (χ2v) is 3.50. The van der Waals surface area contributed by atoms with Gasteiger partial charge in [0.15, 0.2) is 0 Å². The molecule has 0 aliphatic rings. The Morgan fingerprint density at radius 2 is 2.50 bits per heavy atom. The maximum atomic E-state index is 10.7. The molecule has 0 aliphatic carbocycles. The third-order valence-electron chi connectivity index (χ3n) is 1.45. The van der Waals surface area contributed by atoms with Gasteiger partial charge in [0, 0.05) is 18.4 Å². The van der Waals surface area contributed by atoms with Crippen LogP contribution in [0.15, 0.2) is 23.4 Å². The Morgan fingerprint density at radius 1 is 1.71 bits per heavy atom. The van der Waals surface area contributed by atoms with E-state index in [1.165, 1.54) is 17.8 Å². The average molecular weight is 208 g/mol. The van der Waals surface area contributed by atoms with E-state index in [4.69, 9.17) is 10.4 Å². The van der Waals surface area contributed by atoms with Crippen LogP contribution >= 0.6 is 11.8 Å². The number of carboxylic acids is 1. The lowest BCUT2D eigenvalue weighted by Gasteiger charge is -2.01. The minimum Gasteiger partial charge on any atom is -0.478 e. The Kier molecular flexibility index (Phi) is 3.95. The summed E-state index contributed by atoms with van der Waals surface area (Å²) in [5.41, 5.74) is 0.190. The first kappa shape index (κ1) is 10.5. The zero-order chi connectivity index (χ0) is 10.4. The van der Waals surface area contributed by atoms with E-state index in [2.05, 4.69) is 4.98 Å². The van der Waals surface area contributed by atoms with Crippen LogP contribution in [0.5, 0.6) is 0 Å². The number of rotatable bonds is 4. The third-order valence-corrected chi connectivity index (χ3v) is 2.46. The average Bonchev–Trinajstić information content (AvgIpc) is 2.19. The fourth-order valence-electron chi connectivity index (χ4n) is 0.862. The molecule has 1 heterocycles. The number of aromatic nitrogens is 1. The van der Waals surface area contributed by atoms with Crippen LogP contribution in [-0.2, 0) is 0 Å². The molecule has 0 unspecified atom stereocenters. The van der Waals surface area contributed by atoms with Crippen molar-refractivity contribution in [3.05, 3.63) is 23.9 Å². The highest BCUT2D eigenvalue weighted by molar-refractivity contribution is 7.99. The predicted octanol–water partition coefficient (Wildman–Crippen LogP) is 1.79. The Morgan fingerprint density at radius 3 is 3.14 bits per heavy atom. The van der Waals surface area contributed by atoms with Gasteiger partial charge in [-0.2, -0.15) is 5.26 Å². The van der Waals surface area contributed by atoms with E-state index in [0.717, 1.165) is 0 Å². The highest BCUT2D eigenvalue weighted by Gasteiger charge is 2.09. The van der Waals surface area contributed by atoms with Crippen LogP contribution in [0.3, 0.4) is 0 Å². The Hall–Kier alpha value is -1.54. The second-order valence-electron chi connectivity index (χ2n) is 2.42. The lowest BCUT2D eigenvalue weighted by Crippen LogP contribution is -2.00. The van der Waals surface area contributed by atoms with Crippen LogP contribution < -0.4 is 0 Å². The Bertz CT molecular complexity index is 373. The van der Waals surface area contributed by atoms with Crippen LogP contribution in [0.4, 0.5) is 0 Å². The van der Waals surface area contributed by atoms with Crippen LogP contribution in [-0.4, -0.2) is 21.8 Å². The van der Waals surface area contributed by atoms with Gasteiger partial charge in [-0.05, 0) is 12.1 Å². The molecular formula is C9H8N2O2S. The quantitative estimate of drug-likeness (QED) is 0.603. The van der Waals surface area contributed by atoms with Crippen molar-refractivity contribution in [3.63, 3.8) is 0 Å². The fourth-order valence-corrected chi connectivity index (χ4v) is 1.69.